The van der Waals surface area contributed by atoms with E-state index >= 15 is 0 Å². The van der Waals surface area contributed by atoms with Crippen LogP contribution in [0.25, 0.3) is 10.1 Å². The number of thioether (sulfide) groups is 1. The molecular formula is C9H7ClOS2. The Hall–Kier alpha value is -0.380. The molecule has 4 heteroatoms. The second-order valence-electron chi connectivity index (χ2n) is 2.60. The highest BCUT2D eigenvalue weighted by Crippen LogP contribution is 2.39. The zero-order chi connectivity index (χ0) is 9.42. The molecule has 0 bridgehead atoms. The number of benzene rings is 1. The lowest BCUT2D eigenvalue weighted by atomic mass is 10.2. The van der Waals surface area contributed by atoms with Crippen LogP contribution in [0.1, 0.15) is 0 Å². The number of aromatic hydroxyl groups is 1. The van der Waals surface area contributed by atoms with E-state index in [1.54, 1.807) is 35.2 Å². The van der Waals surface area contributed by atoms with Gasteiger partial charge in [0.05, 0.1) is 5.02 Å². The van der Waals surface area contributed by atoms with E-state index in [2.05, 4.69) is 5.38 Å². The Bertz CT molecular complexity index is 450. The molecule has 0 aliphatic carbocycles. The lowest BCUT2D eigenvalue weighted by molar-refractivity contribution is 0.476. The second kappa shape index (κ2) is 3.40. The van der Waals surface area contributed by atoms with E-state index in [0.717, 1.165) is 10.1 Å². The first-order valence-corrected chi connectivity index (χ1v) is 6.14. The number of hydrogen-bond acceptors (Lipinski definition) is 3. The molecule has 0 amide bonds. The van der Waals surface area contributed by atoms with Crippen LogP contribution in [-0.4, -0.2) is 11.4 Å². The Kier molecular flexibility index (Phi) is 2.41. The first-order chi connectivity index (χ1) is 6.22. The molecule has 2 aromatic rings. The fraction of sp³-hybridized carbons (Fsp3) is 0.111. The number of phenols is 1. The van der Waals surface area contributed by atoms with E-state index in [1.807, 2.05) is 6.26 Å². The molecule has 0 atom stereocenters. The molecule has 0 saturated carbocycles. The molecule has 13 heavy (non-hydrogen) atoms. The maximum absolute atomic E-state index is 9.31. The van der Waals surface area contributed by atoms with Crippen molar-refractivity contribution in [2.45, 2.75) is 4.90 Å². The summed E-state index contributed by atoms with van der Waals surface area (Å²) in [5.74, 6) is 0.229. The average Bonchev–Trinajstić information content (AvgIpc) is 2.47. The van der Waals surface area contributed by atoms with Gasteiger partial charge in [-0.2, -0.15) is 0 Å². The monoisotopic (exact) mass is 230 g/mol. The summed E-state index contributed by atoms with van der Waals surface area (Å²) in [6.07, 6.45) is 2.02. The minimum absolute atomic E-state index is 0.229. The van der Waals surface area contributed by atoms with E-state index < -0.39 is 0 Å². The molecule has 0 radical (unpaired) electrons. The van der Waals surface area contributed by atoms with Gasteiger partial charge >= 0.3 is 0 Å². The van der Waals surface area contributed by atoms with E-state index in [1.165, 1.54) is 4.90 Å². The summed E-state index contributed by atoms with van der Waals surface area (Å²) in [6, 6.07) is 3.32. The number of halogens is 1. The molecule has 0 fully saturated rings. The van der Waals surface area contributed by atoms with Gasteiger partial charge in [-0.05, 0) is 18.4 Å². The van der Waals surface area contributed by atoms with Crippen molar-refractivity contribution in [2.24, 2.45) is 0 Å². The molecule has 1 nitrogen and oxygen atoms in total. The van der Waals surface area contributed by atoms with Crippen molar-refractivity contribution in [1.82, 2.24) is 0 Å². The van der Waals surface area contributed by atoms with Crippen molar-refractivity contribution in [3.05, 3.63) is 22.5 Å². The van der Waals surface area contributed by atoms with Crippen molar-refractivity contribution in [2.75, 3.05) is 6.26 Å². The van der Waals surface area contributed by atoms with Crippen LogP contribution in [0.15, 0.2) is 22.4 Å². The van der Waals surface area contributed by atoms with Gasteiger partial charge in [0.25, 0.3) is 0 Å². The molecule has 1 heterocycles. The quantitative estimate of drug-likeness (QED) is 0.748. The standard InChI is InChI=1S/C9H7ClOS2/c1-12-8-4-13-7-3-5(11)2-6(10)9(7)8/h2-4,11H,1H3. The maximum Gasteiger partial charge on any atom is 0.118 e. The summed E-state index contributed by atoms with van der Waals surface area (Å²) in [4.78, 5) is 1.17. The molecule has 68 valence electrons. The summed E-state index contributed by atoms with van der Waals surface area (Å²) >= 11 is 9.29. The molecule has 0 unspecified atom stereocenters. The normalized spacial score (nSPS) is 10.9. The van der Waals surface area contributed by atoms with E-state index in [4.69, 9.17) is 11.6 Å². The van der Waals surface area contributed by atoms with Crippen LogP contribution in [0.4, 0.5) is 0 Å². The van der Waals surface area contributed by atoms with Gasteiger partial charge in [-0.1, -0.05) is 11.6 Å². The van der Waals surface area contributed by atoms with Crippen molar-refractivity contribution >= 4 is 44.8 Å². The number of fused-ring (bicyclic) bond motifs is 1. The Balaban J connectivity index is 2.82. The zero-order valence-electron chi connectivity index (χ0n) is 6.87. The lowest BCUT2D eigenvalue weighted by Gasteiger charge is -1.98. The minimum Gasteiger partial charge on any atom is -0.508 e. The fourth-order valence-electron chi connectivity index (χ4n) is 1.23. The van der Waals surface area contributed by atoms with Crippen LogP contribution in [0.3, 0.4) is 0 Å². The van der Waals surface area contributed by atoms with Crippen molar-refractivity contribution in [3.8, 4) is 5.75 Å². The Morgan fingerprint density at radius 2 is 2.23 bits per heavy atom. The Morgan fingerprint density at radius 1 is 1.46 bits per heavy atom. The van der Waals surface area contributed by atoms with Gasteiger partial charge in [-0.25, -0.2) is 0 Å². The van der Waals surface area contributed by atoms with E-state index in [9.17, 15) is 5.11 Å². The van der Waals surface area contributed by atoms with Crippen LogP contribution >= 0.6 is 34.7 Å². The van der Waals surface area contributed by atoms with Crippen LogP contribution < -0.4 is 0 Å². The highest BCUT2D eigenvalue weighted by atomic mass is 35.5. The number of phenolic OH excluding ortho intramolecular Hbond substituents is 1. The van der Waals surface area contributed by atoms with Crippen LogP contribution in [0, 0.1) is 0 Å². The van der Waals surface area contributed by atoms with Gasteiger partial charge in [-0.15, -0.1) is 23.1 Å². The topological polar surface area (TPSA) is 20.2 Å². The van der Waals surface area contributed by atoms with Crippen molar-refractivity contribution in [3.63, 3.8) is 0 Å². The largest absolute Gasteiger partial charge is 0.508 e. The predicted molar refractivity (Wildman–Crippen MR) is 60.3 cm³/mol. The SMILES string of the molecule is CSc1csc2cc(O)cc(Cl)c12. The number of rotatable bonds is 1. The molecule has 0 spiro atoms. The molecule has 0 aliphatic rings. The summed E-state index contributed by atoms with van der Waals surface area (Å²) in [7, 11) is 0. The Labute approximate surface area is 89.3 Å². The zero-order valence-corrected chi connectivity index (χ0v) is 9.26. The second-order valence-corrected chi connectivity index (χ2v) is 4.77. The highest BCUT2D eigenvalue weighted by molar-refractivity contribution is 7.99. The molecule has 1 N–H and O–H groups in total. The van der Waals surface area contributed by atoms with Gasteiger partial charge in [0, 0.05) is 20.4 Å². The van der Waals surface area contributed by atoms with Gasteiger partial charge in [-0.3, -0.25) is 0 Å². The summed E-state index contributed by atoms with van der Waals surface area (Å²) in [6.45, 7) is 0. The first-order valence-electron chi connectivity index (χ1n) is 3.66. The molecule has 0 saturated heterocycles. The summed E-state index contributed by atoms with van der Waals surface area (Å²) in [5.41, 5.74) is 0. The third kappa shape index (κ3) is 1.52. The fourth-order valence-corrected chi connectivity index (χ4v) is 3.55. The molecule has 1 aromatic heterocycles. The highest BCUT2D eigenvalue weighted by Gasteiger charge is 2.08. The van der Waals surface area contributed by atoms with Crippen LogP contribution in [-0.2, 0) is 0 Å². The molecule has 1 aromatic carbocycles. The number of thiophene rings is 1. The lowest BCUT2D eigenvalue weighted by Crippen LogP contribution is -1.70. The van der Waals surface area contributed by atoms with E-state index in [0.29, 0.717) is 5.02 Å². The first kappa shape index (κ1) is 9.19. The van der Waals surface area contributed by atoms with Gasteiger partial charge in [0.1, 0.15) is 5.75 Å². The van der Waals surface area contributed by atoms with Crippen LogP contribution in [0.2, 0.25) is 5.02 Å². The molecular weight excluding hydrogens is 224 g/mol. The number of hydrogen-bond donors (Lipinski definition) is 1. The van der Waals surface area contributed by atoms with Gasteiger partial charge in [0.2, 0.25) is 0 Å². The van der Waals surface area contributed by atoms with Gasteiger partial charge < -0.3 is 5.11 Å². The van der Waals surface area contributed by atoms with Crippen LogP contribution in [0.5, 0.6) is 5.75 Å². The van der Waals surface area contributed by atoms with E-state index in [-0.39, 0.29) is 5.75 Å². The summed E-state index contributed by atoms with van der Waals surface area (Å²) < 4.78 is 1.04. The van der Waals surface area contributed by atoms with Crippen molar-refractivity contribution in [1.29, 1.82) is 0 Å². The Morgan fingerprint density at radius 3 is 2.92 bits per heavy atom. The third-order valence-corrected chi connectivity index (χ3v) is 3.94. The summed E-state index contributed by atoms with van der Waals surface area (Å²) in [5, 5.41) is 13.0. The third-order valence-electron chi connectivity index (χ3n) is 1.80. The molecule has 2 rings (SSSR count). The minimum atomic E-state index is 0.229. The average molecular weight is 231 g/mol. The maximum atomic E-state index is 9.31. The smallest absolute Gasteiger partial charge is 0.118 e. The van der Waals surface area contributed by atoms with Crippen molar-refractivity contribution < 1.29 is 5.11 Å². The predicted octanol–water partition coefficient (Wildman–Crippen LogP) is 3.98. The molecule has 0 aliphatic heterocycles. The van der Waals surface area contributed by atoms with Gasteiger partial charge in [0.15, 0.2) is 0 Å².